The number of unbranched alkanes of at least 4 members (excludes halogenated alkanes) is 1. The standard InChI is InChI=1S/C13H28N2O2S/c1-15(2)10-5-4-9-14-12-7-6-8-13(11-12)18(3,16)17/h12-14H,4-11H2,1-3H3. The first-order valence-corrected chi connectivity index (χ1v) is 8.92. The van der Waals surface area contributed by atoms with E-state index in [4.69, 9.17) is 0 Å². The van der Waals surface area contributed by atoms with Gasteiger partial charge in [0.15, 0.2) is 0 Å². The topological polar surface area (TPSA) is 49.4 Å². The molecule has 2 atom stereocenters. The van der Waals surface area contributed by atoms with Crippen LogP contribution < -0.4 is 5.32 Å². The maximum absolute atomic E-state index is 11.5. The molecular formula is C13H28N2O2S. The zero-order chi connectivity index (χ0) is 13.6. The Morgan fingerprint density at radius 1 is 1.22 bits per heavy atom. The Morgan fingerprint density at radius 2 is 1.94 bits per heavy atom. The van der Waals surface area contributed by atoms with Crippen LogP contribution in [0.5, 0.6) is 0 Å². The molecule has 1 aliphatic rings. The smallest absolute Gasteiger partial charge is 0.150 e. The van der Waals surface area contributed by atoms with Crippen LogP contribution in [0.15, 0.2) is 0 Å². The summed E-state index contributed by atoms with van der Waals surface area (Å²) in [5.74, 6) is 0. The average molecular weight is 276 g/mol. The Bertz CT molecular complexity index is 328. The van der Waals surface area contributed by atoms with E-state index in [0.717, 1.165) is 45.2 Å². The first-order chi connectivity index (χ1) is 8.39. The molecular weight excluding hydrogens is 248 g/mol. The summed E-state index contributed by atoms with van der Waals surface area (Å²) >= 11 is 0. The van der Waals surface area contributed by atoms with Gasteiger partial charge in [-0.1, -0.05) is 6.42 Å². The van der Waals surface area contributed by atoms with Gasteiger partial charge in [0.2, 0.25) is 0 Å². The minimum absolute atomic E-state index is 0.120. The summed E-state index contributed by atoms with van der Waals surface area (Å²) in [6.45, 7) is 2.13. The molecule has 1 rings (SSSR count). The van der Waals surface area contributed by atoms with Crippen LogP contribution in [-0.4, -0.2) is 58.1 Å². The van der Waals surface area contributed by atoms with Crippen LogP contribution in [0.3, 0.4) is 0 Å². The Hall–Kier alpha value is -0.130. The highest BCUT2D eigenvalue weighted by atomic mass is 32.2. The first-order valence-electron chi connectivity index (χ1n) is 6.96. The van der Waals surface area contributed by atoms with E-state index < -0.39 is 9.84 Å². The molecule has 0 aromatic rings. The van der Waals surface area contributed by atoms with Gasteiger partial charge in [-0.2, -0.15) is 0 Å². The number of hydrogen-bond acceptors (Lipinski definition) is 4. The molecule has 4 nitrogen and oxygen atoms in total. The second-order valence-corrected chi connectivity index (χ2v) is 8.11. The van der Waals surface area contributed by atoms with E-state index in [0.29, 0.717) is 6.04 Å². The molecule has 1 saturated carbocycles. The average Bonchev–Trinajstić information content (AvgIpc) is 2.27. The molecule has 1 aliphatic carbocycles. The summed E-state index contributed by atoms with van der Waals surface area (Å²) in [6, 6.07) is 0.401. The van der Waals surface area contributed by atoms with Crippen LogP contribution in [0.25, 0.3) is 0 Å². The Kier molecular flexibility index (Phi) is 6.60. The van der Waals surface area contributed by atoms with Gasteiger partial charge in [0.25, 0.3) is 0 Å². The van der Waals surface area contributed by atoms with Crippen LogP contribution in [0.1, 0.15) is 38.5 Å². The SMILES string of the molecule is CN(C)CCCCNC1CCCC(S(C)(=O)=O)C1. The summed E-state index contributed by atoms with van der Waals surface area (Å²) in [5.41, 5.74) is 0. The van der Waals surface area contributed by atoms with Crippen molar-refractivity contribution in [1.82, 2.24) is 10.2 Å². The van der Waals surface area contributed by atoms with Crippen LogP contribution in [0, 0.1) is 0 Å². The van der Waals surface area contributed by atoms with E-state index in [-0.39, 0.29) is 5.25 Å². The summed E-state index contributed by atoms with van der Waals surface area (Å²) in [4.78, 5) is 2.19. The van der Waals surface area contributed by atoms with Gasteiger partial charge in [-0.25, -0.2) is 8.42 Å². The fourth-order valence-electron chi connectivity index (χ4n) is 2.58. The third-order valence-electron chi connectivity index (χ3n) is 3.70. The minimum Gasteiger partial charge on any atom is -0.314 e. The van der Waals surface area contributed by atoms with Crippen molar-refractivity contribution in [3.05, 3.63) is 0 Å². The molecule has 0 spiro atoms. The van der Waals surface area contributed by atoms with Crippen molar-refractivity contribution < 1.29 is 8.42 Å². The van der Waals surface area contributed by atoms with Crippen LogP contribution in [0.2, 0.25) is 0 Å². The summed E-state index contributed by atoms with van der Waals surface area (Å²) < 4.78 is 23.1. The molecule has 5 heteroatoms. The van der Waals surface area contributed by atoms with Gasteiger partial charge >= 0.3 is 0 Å². The lowest BCUT2D eigenvalue weighted by Crippen LogP contribution is -2.39. The Labute approximate surface area is 112 Å². The van der Waals surface area contributed by atoms with Crippen molar-refractivity contribution in [1.29, 1.82) is 0 Å². The number of nitrogens with zero attached hydrogens (tertiary/aromatic N) is 1. The Morgan fingerprint density at radius 3 is 2.56 bits per heavy atom. The molecule has 0 heterocycles. The van der Waals surface area contributed by atoms with E-state index in [1.807, 2.05) is 0 Å². The van der Waals surface area contributed by atoms with E-state index in [9.17, 15) is 8.42 Å². The maximum atomic E-state index is 11.5. The number of rotatable bonds is 7. The van der Waals surface area contributed by atoms with Gasteiger partial charge in [0.05, 0.1) is 5.25 Å². The summed E-state index contributed by atoms with van der Waals surface area (Å²) in [5, 5.41) is 3.39. The summed E-state index contributed by atoms with van der Waals surface area (Å²) in [6.07, 6.45) is 7.54. The lowest BCUT2D eigenvalue weighted by molar-refractivity contribution is 0.356. The molecule has 0 aliphatic heterocycles. The molecule has 108 valence electrons. The second kappa shape index (κ2) is 7.46. The first kappa shape index (κ1) is 15.9. The molecule has 18 heavy (non-hydrogen) atoms. The number of hydrogen-bond donors (Lipinski definition) is 1. The van der Waals surface area contributed by atoms with Gasteiger partial charge in [-0.3, -0.25) is 0 Å². The third-order valence-corrected chi connectivity index (χ3v) is 5.34. The van der Waals surface area contributed by atoms with Gasteiger partial charge < -0.3 is 10.2 Å². The Balaban J connectivity index is 2.19. The molecule has 1 N–H and O–H groups in total. The third kappa shape index (κ3) is 6.16. The highest BCUT2D eigenvalue weighted by Crippen LogP contribution is 2.23. The largest absolute Gasteiger partial charge is 0.314 e. The molecule has 0 radical (unpaired) electrons. The van der Waals surface area contributed by atoms with Crippen molar-refractivity contribution in [3.8, 4) is 0 Å². The normalized spacial score (nSPS) is 25.6. The lowest BCUT2D eigenvalue weighted by Gasteiger charge is -2.28. The van der Waals surface area contributed by atoms with E-state index in [1.54, 1.807) is 0 Å². The minimum atomic E-state index is -2.85. The highest BCUT2D eigenvalue weighted by Gasteiger charge is 2.28. The molecule has 1 fully saturated rings. The van der Waals surface area contributed by atoms with Crippen LogP contribution in [-0.2, 0) is 9.84 Å². The van der Waals surface area contributed by atoms with Crippen molar-refractivity contribution >= 4 is 9.84 Å². The monoisotopic (exact) mass is 276 g/mol. The molecule has 0 saturated heterocycles. The number of sulfone groups is 1. The van der Waals surface area contributed by atoms with Crippen molar-refractivity contribution in [3.63, 3.8) is 0 Å². The maximum Gasteiger partial charge on any atom is 0.150 e. The van der Waals surface area contributed by atoms with Crippen molar-refractivity contribution in [2.75, 3.05) is 33.4 Å². The summed E-state index contributed by atoms with van der Waals surface area (Å²) in [7, 11) is 1.33. The molecule has 0 amide bonds. The molecule has 0 aromatic carbocycles. The van der Waals surface area contributed by atoms with Gasteiger partial charge in [-0.15, -0.1) is 0 Å². The zero-order valence-electron chi connectivity index (χ0n) is 12.0. The van der Waals surface area contributed by atoms with E-state index in [2.05, 4.69) is 24.3 Å². The van der Waals surface area contributed by atoms with Crippen LogP contribution >= 0.6 is 0 Å². The van der Waals surface area contributed by atoms with Crippen molar-refractivity contribution in [2.45, 2.75) is 49.8 Å². The highest BCUT2D eigenvalue weighted by molar-refractivity contribution is 7.91. The molecule has 0 aromatic heterocycles. The van der Waals surface area contributed by atoms with Crippen molar-refractivity contribution in [2.24, 2.45) is 0 Å². The van der Waals surface area contributed by atoms with Gasteiger partial charge in [0.1, 0.15) is 9.84 Å². The number of nitrogens with one attached hydrogen (secondary N) is 1. The zero-order valence-corrected chi connectivity index (χ0v) is 12.8. The van der Waals surface area contributed by atoms with E-state index in [1.165, 1.54) is 12.7 Å². The van der Waals surface area contributed by atoms with Gasteiger partial charge in [-0.05, 0) is 59.3 Å². The fourth-order valence-corrected chi connectivity index (χ4v) is 3.76. The second-order valence-electron chi connectivity index (χ2n) is 5.78. The lowest BCUT2D eigenvalue weighted by atomic mass is 9.95. The predicted octanol–water partition coefficient (Wildman–Crippen LogP) is 1.27. The molecule has 2 unspecified atom stereocenters. The quantitative estimate of drug-likeness (QED) is 0.712. The molecule has 0 bridgehead atoms. The fraction of sp³-hybridized carbons (Fsp3) is 1.00. The van der Waals surface area contributed by atoms with E-state index >= 15 is 0 Å². The van der Waals surface area contributed by atoms with Crippen LogP contribution in [0.4, 0.5) is 0 Å². The predicted molar refractivity (Wildman–Crippen MR) is 76.7 cm³/mol. The van der Waals surface area contributed by atoms with Gasteiger partial charge in [0, 0.05) is 12.3 Å².